The second-order valence-electron chi connectivity index (χ2n) is 3.74. The summed E-state index contributed by atoms with van der Waals surface area (Å²) < 4.78 is 0. The highest BCUT2D eigenvalue weighted by molar-refractivity contribution is 4.82. The van der Waals surface area contributed by atoms with Crippen LogP contribution in [0.1, 0.15) is 44.9 Å². The fourth-order valence-electron chi connectivity index (χ4n) is 2.17. The van der Waals surface area contributed by atoms with Gasteiger partial charge >= 0.3 is 0 Å². The maximum Gasteiger partial charge on any atom is -0.0386 e. The summed E-state index contributed by atoms with van der Waals surface area (Å²) in [5, 5.41) is 0. The summed E-state index contributed by atoms with van der Waals surface area (Å²) in [6, 6.07) is 0. The Morgan fingerprint density at radius 2 is 1.11 bits per heavy atom. The van der Waals surface area contributed by atoms with E-state index in [1.165, 1.54) is 31.1 Å². The minimum absolute atomic E-state index is 1.17. The Hall–Kier alpha value is 0. The van der Waals surface area contributed by atoms with E-state index < -0.39 is 0 Å². The lowest BCUT2D eigenvalue weighted by Crippen LogP contribution is -2.07. The fraction of sp³-hybridized carbons (Fsp3) is 1.00. The van der Waals surface area contributed by atoms with Gasteiger partial charge in [-0.15, -0.1) is 0 Å². The summed E-state index contributed by atoms with van der Waals surface area (Å²) in [4.78, 5) is 0. The molecule has 0 heterocycles. The lowest BCUT2D eigenvalue weighted by atomic mass is 9.86. The maximum atomic E-state index is 1.56. The molecule has 0 aromatic carbocycles. The highest BCUT2D eigenvalue weighted by atomic mass is 14.4. The molecule has 0 spiro atoms. The molecule has 0 nitrogen and oxygen atoms in total. The number of hydrogen-bond acceptors (Lipinski definition) is 0. The third-order valence-corrected chi connectivity index (χ3v) is 2.94. The molecule has 9 heavy (non-hydrogen) atoms. The second kappa shape index (κ2) is 2.32. The van der Waals surface area contributed by atoms with Crippen LogP contribution in [0.15, 0.2) is 0 Å². The van der Waals surface area contributed by atoms with Gasteiger partial charge in [-0.1, -0.05) is 32.1 Å². The zero-order valence-corrected chi connectivity index (χ0v) is 6.10. The van der Waals surface area contributed by atoms with Gasteiger partial charge in [0.25, 0.3) is 0 Å². The van der Waals surface area contributed by atoms with Crippen LogP contribution in [-0.2, 0) is 0 Å². The van der Waals surface area contributed by atoms with Crippen LogP contribution < -0.4 is 0 Å². The van der Waals surface area contributed by atoms with E-state index in [1.54, 1.807) is 25.7 Å². The van der Waals surface area contributed by atoms with E-state index in [4.69, 9.17) is 0 Å². The third kappa shape index (κ3) is 1.28. The Morgan fingerprint density at radius 3 is 1.67 bits per heavy atom. The molecule has 0 unspecified atom stereocenters. The lowest BCUT2D eigenvalue weighted by molar-refractivity contribution is 0.322. The number of hydrogen-bond donors (Lipinski definition) is 0. The van der Waals surface area contributed by atoms with Crippen molar-refractivity contribution in [2.24, 2.45) is 11.8 Å². The average Bonchev–Trinajstić information content (AvgIpc) is 2.71. The zero-order valence-electron chi connectivity index (χ0n) is 6.10. The van der Waals surface area contributed by atoms with E-state index in [0.717, 1.165) is 0 Å². The Morgan fingerprint density at radius 1 is 0.556 bits per heavy atom. The van der Waals surface area contributed by atoms with Crippen molar-refractivity contribution >= 4 is 0 Å². The van der Waals surface area contributed by atoms with E-state index in [-0.39, 0.29) is 0 Å². The Labute approximate surface area is 57.6 Å². The van der Waals surface area contributed by atoms with Crippen LogP contribution in [0.25, 0.3) is 0 Å². The normalized spacial score (nSPS) is 30.7. The van der Waals surface area contributed by atoms with Crippen LogP contribution in [0.2, 0.25) is 0 Å². The Bertz CT molecular complexity index is 86.2. The van der Waals surface area contributed by atoms with Gasteiger partial charge in [-0.2, -0.15) is 0 Å². The summed E-state index contributed by atoms with van der Waals surface area (Å²) in [6.45, 7) is 0. The molecule has 0 aromatic heterocycles. The fourth-order valence-corrected chi connectivity index (χ4v) is 2.17. The van der Waals surface area contributed by atoms with Gasteiger partial charge in [0.2, 0.25) is 0 Å². The van der Waals surface area contributed by atoms with Crippen LogP contribution in [0.5, 0.6) is 0 Å². The van der Waals surface area contributed by atoms with Crippen LogP contribution in [0.3, 0.4) is 0 Å². The summed E-state index contributed by atoms with van der Waals surface area (Å²) in [7, 11) is 0. The molecule has 0 heteroatoms. The summed E-state index contributed by atoms with van der Waals surface area (Å²) in [6.07, 6.45) is 10.8. The minimum Gasteiger partial charge on any atom is -0.0533 e. The predicted molar refractivity (Wildman–Crippen MR) is 39.3 cm³/mol. The molecular formula is C9H16. The third-order valence-electron chi connectivity index (χ3n) is 2.94. The first-order valence-electron chi connectivity index (χ1n) is 4.47. The van der Waals surface area contributed by atoms with Gasteiger partial charge in [0, 0.05) is 0 Å². The first-order valence-corrected chi connectivity index (χ1v) is 4.47. The highest BCUT2D eigenvalue weighted by Crippen LogP contribution is 2.43. The van der Waals surface area contributed by atoms with Crippen molar-refractivity contribution in [1.82, 2.24) is 0 Å². The summed E-state index contributed by atoms with van der Waals surface area (Å²) in [5.41, 5.74) is 0. The van der Waals surface area contributed by atoms with E-state index >= 15 is 0 Å². The zero-order chi connectivity index (χ0) is 6.10. The van der Waals surface area contributed by atoms with Crippen molar-refractivity contribution in [3.05, 3.63) is 0 Å². The van der Waals surface area contributed by atoms with E-state index in [9.17, 15) is 0 Å². The van der Waals surface area contributed by atoms with Crippen molar-refractivity contribution in [3.8, 4) is 0 Å². The first kappa shape index (κ1) is 5.76. The van der Waals surface area contributed by atoms with Gasteiger partial charge in [0.1, 0.15) is 0 Å². The minimum atomic E-state index is 1.17. The molecule has 2 fully saturated rings. The second-order valence-corrected chi connectivity index (χ2v) is 3.74. The molecule has 0 radical (unpaired) electrons. The molecule has 2 saturated carbocycles. The maximum absolute atomic E-state index is 1.56. The SMILES string of the molecule is C1CCC(C2CC2)CC1. The van der Waals surface area contributed by atoms with Gasteiger partial charge in [0.05, 0.1) is 0 Å². The standard InChI is InChI=1S/C9H16/c1-2-4-8(5-3-1)9-6-7-9/h8-9H,1-7H2. The van der Waals surface area contributed by atoms with Gasteiger partial charge in [-0.05, 0) is 24.7 Å². The number of rotatable bonds is 1. The van der Waals surface area contributed by atoms with Crippen LogP contribution in [-0.4, -0.2) is 0 Å². The molecule has 0 bridgehead atoms. The molecule has 52 valence electrons. The quantitative estimate of drug-likeness (QED) is 0.504. The van der Waals surface area contributed by atoms with Crippen molar-refractivity contribution in [3.63, 3.8) is 0 Å². The molecule has 2 aliphatic carbocycles. The molecular weight excluding hydrogens is 108 g/mol. The lowest BCUT2D eigenvalue weighted by Gasteiger charge is -2.20. The molecule has 0 atom stereocenters. The Kier molecular flexibility index (Phi) is 1.48. The molecule has 2 rings (SSSR count). The molecule has 2 aliphatic rings. The van der Waals surface area contributed by atoms with Gasteiger partial charge < -0.3 is 0 Å². The van der Waals surface area contributed by atoms with Gasteiger partial charge in [0.15, 0.2) is 0 Å². The Balaban J connectivity index is 1.80. The predicted octanol–water partition coefficient (Wildman–Crippen LogP) is 2.98. The van der Waals surface area contributed by atoms with Crippen molar-refractivity contribution < 1.29 is 0 Å². The monoisotopic (exact) mass is 124 g/mol. The van der Waals surface area contributed by atoms with Crippen LogP contribution >= 0.6 is 0 Å². The van der Waals surface area contributed by atoms with Crippen LogP contribution in [0, 0.1) is 11.8 Å². The van der Waals surface area contributed by atoms with Crippen molar-refractivity contribution in [1.29, 1.82) is 0 Å². The molecule has 0 saturated heterocycles. The summed E-state index contributed by atoms with van der Waals surface area (Å²) >= 11 is 0. The van der Waals surface area contributed by atoms with Crippen LogP contribution in [0.4, 0.5) is 0 Å². The van der Waals surface area contributed by atoms with Gasteiger partial charge in [-0.3, -0.25) is 0 Å². The molecule has 0 aliphatic heterocycles. The topological polar surface area (TPSA) is 0 Å². The molecule has 0 N–H and O–H groups in total. The first-order chi connectivity index (χ1) is 4.47. The van der Waals surface area contributed by atoms with E-state index in [0.29, 0.717) is 0 Å². The smallest absolute Gasteiger partial charge is 0.0386 e. The van der Waals surface area contributed by atoms with Crippen molar-refractivity contribution in [2.45, 2.75) is 44.9 Å². The molecule has 0 amide bonds. The van der Waals surface area contributed by atoms with E-state index in [2.05, 4.69) is 0 Å². The molecule has 0 aromatic rings. The largest absolute Gasteiger partial charge is 0.0533 e. The van der Waals surface area contributed by atoms with Crippen molar-refractivity contribution in [2.75, 3.05) is 0 Å². The van der Waals surface area contributed by atoms with E-state index in [1.807, 2.05) is 0 Å². The summed E-state index contributed by atoms with van der Waals surface area (Å²) in [5.74, 6) is 2.35. The highest BCUT2D eigenvalue weighted by Gasteiger charge is 2.31. The van der Waals surface area contributed by atoms with Gasteiger partial charge in [-0.25, -0.2) is 0 Å². The average molecular weight is 124 g/mol.